The molecule has 1 aromatic carbocycles. The average Bonchev–Trinajstić information content (AvgIpc) is 3.14. The second-order valence-electron chi connectivity index (χ2n) is 4.22. The van der Waals surface area contributed by atoms with Crippen molar-refractivity contribution < 1.29 is 4.79 Å². The molecule has 1 aromatic rings. The Labute approximate surface area is 102 Å². The average molecular weight is 228 g/mol. The van der Waals surface area contributed by atoms with Crippen molar-refractivity contribution in [3.8, 4) is 12.3 Å². The van der Waals surface area contributed by atoms with E-state index in [1.807, 2.05) is 18.2 Å². The number of amides is 1. The molecule has 0 unspecified atom stereocenters. The van der Waals surface area contributed by atoms with Gasteiger partial charge in [0.2, 0.25) is 5.91 Å². The topological polar surface area (TPSA) is 41.1 Å². The second-order valence-corrected chi connectivity index (χ2v) is 4.22. The van der Waals surface area contributed by atoms with Crippen LogP contribution in [0, 0.1) is 12.3 Å². The number of rotatable bonds is 5. The van der Waals surface area contributed by atoms with Crippen LogP contribution in [0.4, 0.5) is 0 Å². The molecule has 1 aliphatic rings. The van der Waals surface area contributed by atoms with E-state index in [0.717, 1.165) is 6.42 Å². The Hall–Kier alpha value is -1.79. The van der Waals surface area contributed by atoms with Crippen molar-refractivity contribution in [2.75, 3.05) is 13.1 Å². The van der Waals surface area contributed by atoms with Gasteiger partial charge in [-0.2, -0.15) is 0 Å². The zero-order chi connectivity index (χ0) is 12.1. The van der Waals surface area contributed by atoms with Crippen molar-refractivity contribution in [3.05, 3.63) is 35.9 Å². The van der Waals surface area contributed by atoms with Gasteiger partial charge in [0.15, 0.2) is 0 Å². The van der Waals surface area contributed by atoms with Gasteiger partial charge in [-0.25, -0.2) is 0 Å². The third-order valence-corrected chi connectivity index (χ3v) is 2.93. The van der Waals surface area contributed by atoms with Gasteiger partial charge in [-0.15, -0.1) is 6.42 Å². The van der Waals surface area contributed by atoms with Gasteiger partial charge >= 0.3 is 0 Å². The summed E-state index contributed by atoms with van der Waals surface area (Å²) in [6.45, 7) is 0.642. The molecular formula is C14H16N2O. The zero-order valence-corrected chi connectivity index (χ0v) is 9.65. The van der Waals surface area contributed by atoms with E-state index in [9.17, 15) is 4.79 Å². The van der Waals surface area contributed by atoms with Crippen molar-refractivity contribution in [1.29, 1.82) is 0 Å². The molecule has 0 heterocycles. The first-order valence-electron chi connectivity index (χ1n) is 5.79. The van der Waals surface area contributed by atoms with Gasteiger partial charge < -0.3 is 10.6 Å². The summed E-state index contributed by atoms with van der Waals surface area (Å²) in [6, 6.07) is 10.8. The third-order valence-electron chi connectivity index (χ3n) is 2.93. The number of hydrogen-bond donors (Lipinski definition) is 2. The van der Waals surface area contributed by atoms with Crippen molar-refractivity contribution >= 4 is 5.91 Å². The van der Waals surface area contributed by atoms with E-state index >= 15 is 0 Å². The van der Waals surface area contributed by atoms with Gasteiger partial charge in [-0.1, -0.05) is 36.3 Å². The molecule has 1 amide bonds. The number of nitrogens with one attached hydrogen (secondary N) is 2. The normalized spacial score (nSPS) is 21.6. The largest absolute Gasteiger partial charge is 0.344 e. The summed E-state index contributed by atoms with van der Waals surface area (Å²) < 4.78 is 0. The molecule has 3 nitrogen and oxygen atoms in total. The standard InChI is InChI=1S/C14H16N2O/c1-2-8-15-14(17)10-16-13-9-12(13)11-6-4-3-5-7-11/h1,3-7,12-13,16H,8-10H2,(H,15,17)/t12-,13+/m0/s1. The molecule has 0 aliphatic heterocycles. The summed E-state index contributed by atoms with van der Waals surface area (Å²) >= 11 is 0. The molecule has 0 saturated heterocycles. The molecule has 88 valence electrons. The highest BCUT2D eigenvalue weighted by Crippen LogP contribution is 2.40. The monoisotopic (exact) mass is 228 g/mol. The number of hydrogen-bond acceptors (Lipinski definition) is 2. The Morgan fingerprint density at radius 3 is 2.88 bits per heavy atom. The summed E-state index contributed by atoms with van der Waals surface area (Å²) in [4.78, 5) is 11.3. The fourth-order valence-electron chi connectivity index (χ4n) is 1.93. The maximum atomic E-state index is 11.3. The molecule has 17 heavy (non-hydrogen) atoms. The Kier molecular flexibility index (Phi) is 3.79. The lowest BCUT2D eigenvalue weighted by molar-refractivity contribution is -0.120. The molecule has 3 heteroatoms. The number of benzene rings is 1. The molecule has 0 bridgehead atoms. The fourth-order valence-corrected chi connectivity index (χ4v) is 1.93. The minimum absolute atomic E-state index is 0.0401. The summed E-state index contributed by atoms with van der Waals surface area (Å²) in [7, 11) is 0. The highest BCUT2D eigenvalue weighted by Gasteiger charge is 2.37. The van der Waals surface area contributed by atoms with Crippen LogP contribution < -0.4 is 10.6 Å². The molecule has 2 N–H and O–H groups in total. The number of terminal acetylenes is 1. The Morgan fingerprint density at radius 2 is 2.18 bits per heavy atom. The van der Waals surface area contributed by atoms with Crippen molar-refractivity contribution in [2.24, 2.45) is 0 Å². The second kappa shape index (κ2) is 5.51. The van der Waals surface area contributed by atoms with E-state index in [-0.39, 0.29) is 5.91 Å². The lowest BCUT2D eigenvalue weighted by Crippen LogP contribution is -2.35. The lowest BCUT2D eigenvalue weighted by atomic mass is 10.1. The molecule has 0 aromatic heterocycles. The minimum Gasteiger partial charge on any atom is -0.344 e. The summed E-state index contributed by atoms with van der Waals surface area (Å²) in [5.41, 5.74) is 1.34. The molecule has 0 spiro atoms. The van der Waals surface area contributed by atoms with E-state index in [2.05, 4.69) is 28.7 Å². The Morgan fingerprint density at radius 1 is 1.41 bits per heavy atom. The van der Waals surface area contributed by atoms with Crippen LogP contribution >= 0.6 is 0 Å². The molecule has 2 rings (SSSR count). The fraction of sp³-hybridized carbons (Fsp3) is 0.357. The van der Waals surface area contributed by atoms with Crippen LogP contribution in [-0.4, -0.2) is 25.0 Å². The van der Waals surface area contributed by atoms with E-state index in [1.165, 1.54) is 5.56 Å². The van der Waals surface area contributed by atoms with Crippen molar-refractivity contribution in [1.82, 2.24) is 10.6 Å². The van der Waals surface area contributed by atoms with Gasteiger partial charge in [0.1, 0.15) is 0 Å². The molecular weight excluding hydrogens is 212 g/mol. The molecule has 2 atom stereocenters. The van der Waals surface area contributed by atoms with Crippen LogP contribution in [0.5, 0.6) is 0 Å². The quantitative estimate of drug-likeness (QED) is 0.735. The van der Waals surface area contributed by atoms with Crippen LogP contribution in [0.3, 0.4) is 0 Å². The van der Waals surface area contributed by atoms with E-state index in [1.54, 1.807) is 0 Å². The van der Waals surface area contributed by atoms with Crippen LogP contribution in [0.1, 0.15) is 17.9 Å². The molecule has 1 fully saturated rings. The van der Waals surface area contributed by atoms with E-state index < -0.39 is 0 Å². The van der Waals surface area contributed by atoms with Crippen molar-refractivity contribution in [3.63, 3.8) is 0 Å². The Bertz CT molecular complexity index is 422. The molecule has 1 aliphatic carbocycles. The van der Waals surface area contributed by atoms with Crippen molar-refractivity contribution in [2.45, 2.75) is 18.4 Å². The van der Waals surface area contributed by atoms with Crippen LogP contribution in [0.2, 0.25) is 0 Å². The first kappa shape index (κ1) is 11.7. The first-order valence-corrected chi connectivity index (χ1v) is 5.79. The van der Waals surface area contributed by atoms with Gasteiger partial charge in [-0.3, -0.25) is 4.79 Å². The first-order chi connectivity index (χ1) is 8.31. The van der Waals surface area contributed by atoms with Gasteiger partial charge in [-0.05, 0) is 12.0 Å². The zero-order valence-electron chi connectivity index (χ0n) is 9.65. The molecule has 1 saturated carbocycles. The summed E-state index contributed by atoms with van der Waals surface area (Å²) in [5, 5.41) is 5.87. The SMILES string of the molecule is C#CCNC(=O)CN[C@@H]1C[C@H]1c1ccccc1. The maximum absolute atomic E-state index is 11.3. The van der Waals surface area contributed by atoms with Crippen LogP contribution in [-0.2, 0) is 4.79 Å². The van der Waals surface area contributed by atoms with E-state index in [4.69, 9.17) is 6.42 Å². The minimum atomic E-state index is -0.0401. The number of carbonyl (C=O) groups excluding carboxylic acids is 1. The predicted molar refractivity (Wildman–Crippen MR) is 67.4 cm³/mol. The van der Waals surface area contributed by atoms with Gasteiger partial charge in [0.25, 0.3) is 0 Å². The van der Waals surface area contributed by atoms with Gasteiger partial charge in [0.05, 0.1) is 13.1 Å². The summed E-state index contributed by atoms with van der Waals surface area (Å²) in [6.07, 6.45) is 6.16. The maximum Gasteiger partial charge on any atom is 0.234 e. The van der Waals surface area contributed by atoms with Crippen LogP contribution in [0.25, 0.3) is 0 Å². The number of carbonyl (C=O) groups is 1. The third kappa shape index (κ3) is 3.33. The summed E-state index contributed by atoms with van der Waals surface area (Å²) in [5.74, 6) is 2.89. The smallest absolute Gasteiger partial charge is 0.234 e. The van der Waals surface area contributed by atoms with Gasteiger partial charge in [0, 0.05) is 12.0 Å². The van der Waals surface area contributed by atoms with Crippen LogP contribution in [0.15, 0.2) is 30.3 Å². The van der Waals surface area contributed by atoms with E-state index in [0.29, 0.717) is 25.0 Å². The highest BCUT2D eigenvalue weighted by atomic mass is 16.1. The highest BCUT2D eigenvalue weighted by molar-refractivity contribution is 5.78. The lowest BCUT2D eigenvalue weighted by Gasteiger charge is -2.04. The predicted octanol–water partition coefficient (Wildman–Crippen LogP) is 0.881. The Balaban J connectivity index is 1.71. The molecule has 0 radical (unpaired) electrons.